The monoisotopic (exact) mass is 642 g/mol. The number of aliphatic hydroxyl groups excluding tert-OH is 2. The lowest BCUT2D eigenvalue weighted by atomic mass is 10.0. The summed E-state index contributed by atoms with van der Waals surface area (Å²) in [6, 6.07) is -0.205. The van der Waals surface area contributed by atoms with Crippen LogP contribution in [0.1, 0.15) is 188 Å². The van der Waals surface area contributed by atoms with Gasteiger partial charge in [0.2, 0.25) is 0 Å². The van der Waals surface area contributed by atoms with E-state index in [1.165, 1.54) is 44.9 Å². The minimum atomic E-state index is -0.205. The van der Waals surface area contributed by atoms with Crippen LogP contribution in [0, 0.1) is 0 Å². The maximum Gasteiger partial charge on any atom is 0.306 e. The molecule has 2 N–H and O–H groups in total. The van der Waals surface area contributed by atoms with E-state index in [2.05, 4.69) is 25.7 Å². The summed E-state index contributed by atoms with van der Waals surface area (Å²) in [4.78, 5) is 26.6. The standard InChI is InChI=1S/C38H75NO6/c1-4-7-10-14-20-27-36(26-19-11-8-5-2)45-38(43)29-22-16-13-18-24-31-39(35(33-40)34-41)30-23-17-12-15-21-28-37(42)44-32-25-9-6-3/h35-36,40-41H,4-34H2,1-3H3. The molecule has 7 heteroatoms. The summed E-state index contributed by atoms with van der Waals surface area (Å²) in [5, 5.41) is 19.5. The first-order valence-corrected chi connectivity index (χ1v) is 19.3. The van der Waals surface area contributed by atoms with Gasteiger partial charge in [0.05, 0.1) is 25.9 Å². The van der Waals surface area contributed by atoms with Gasteiger partial charge in [-0.05, 0) is 70.9 Å². The molecule has 0 aliphatic rings. The van der Waals surface area contributed by atoms with Crippen LogP contribution in [-0.4, -0.2) is 72.1 Å². The number of aliphatic hydroxyl groups is 2. The molecular weight excluding hydrogens is 566 g/mol. The Bertz CT molecular complexity index is 642. The van der Waals surface area contributed by atoms with Crippen LogP contribution in [0.15, 0.2) is 0 Å². The van der Waals surface area contributed by atoms with E-state index in [0.717, 1.165) is 122 Å². The third-order valence-electron chi connectivity index (χ3n) is 8.91. The number of carbonyl (C=O) groups excluding carboxylic acids is 2. The van der Waals surface area contributed by atoms with Gasteiger partial charge in [-0.3, -0.25) is 14.5 Å². The van der Waals surface area contributed by atoms with Gasteiger partial charge < -0.3 is 19.7 Å². The Morgan fingerprint density at radius 2 is 0.956 bits per heavy atom. The fraction of sp³-hybridized carbons (Fsp3) is 0.947. The Hall–Kier alpha value is -1.18. The highest BCUT2D eigenvalue weighted by Crippen LogP contribution is 2.18. The highest BCUT2D eigenvalue weighted by atomic mass is 16.5. The summed E-state index contributed by atoms with van der Waals surface area (Å²) in [6.07, 6.45) is 27.6. The summed E-state index contributed by atoms with van der Waals surface area (Å²) in [5.41, 5.74) is 0. The SMILES string of the molecule is CCCCCCCC(CCCCCC)OC(=O)CCCCCCCN(CCCCCCCC(=O)OCCCCC)C(CO)CO. The van der Waals surface area contributed by atoms with Gasteiger partial charge >= 0.3 is 11.9 Å². The number of carbonyl (C=O) groups is 2. The summed E-state index contributed by atoms with van der Waals surface area (Å²) in [7, 11) is 0. The second kappa shape index (κ2) is 34.2. The number of esters is 2. The fourth-order valence-corrected chi connectivity index (χ4v) is 5.89. The minimum absolute atomic E-state index is 0.0219. The van der Waals surface area contributed by atoms with Crippen molar-refractivity contribution in [2.75, 3.05) is 32.9 Å². The van der Waals surface area contributed by atoms with E-state index in [1.54, 1.807) is 0 Å². The van der Waals surface area contributed by atoms with Crippen LogP contribution in [0.2, 0.25) is 0 Å². The highest BCUT2D eigenvalue weighted by Gasteiger charge is 2.17. The number of rotatable bonds is 35. The van der Waals surface area contributed by atoms with Crippen LogP contribution in [0.3, 0.4) is 0 Å². The van der Waals surface area contributed by atoms with E-state index >= 15 is 0 Å². The zero-order chi connectivity index (χ0) is 33.2. The summed E-state index contributed by atoms with van der Waals surface area (Å²) in [6.45, 7) is 8.83. The molecule has 0 spiro atoms. The molecule has 0 bridgehead atoms. The van der Waals surface area contributed by atoms with Crippen molar-refractivity contribution in [3.8, 4) is 0 Å². The van der Waals surface area contributed by atoms with Crippen LogP contribution >= 0.6 is 0 Å². The van der Waals surface area contributed by atoms with E-state index in [4.69, 9.17) is 9.47 Å². The number of hydrogen-bond acceptors (Lipinski definition) is 7. The van der Waals surface area contributed by atoms with Crippen molar-refractivity contribution in [3.05, 3.63) is 0 Å². The Balaban J connectivity index is 4.13. The van der Waals surface area contributed by atoms with E-state index in [0.29, 0.717) is 19.4 Å². The fourth-order valence-electron chi connectivity index (χ4n) is 5.89. The third-order valence-corrected chi connectivity index (χ3v) is 8.91. The molecule has 0 rings (SSSR count). The van der Waals surface area contributed by atoms with Crippen molar-refractivity contribution >= 4 is 11.9 Å². The Morgan fingerprint density at radius 3 is 1.49 bits per heavy atom. The quantitative estimate of drug-likeness (QED) is 0.0526. The van der Waals surface area contributed by atoms with Gasteiger partial charge in [0, 0.05) is 12.8 Å². The molecule has 0 fully saturated rings. The molecule has 0 saturated carbocycles. The molecule has 0 aromatic carbocycles. The van der Waals surface area contributed by atoms with Gasteiger partial charge in [0.25, 0.3) is 0 Å². The van der Waals surface area contributed by atoms with Crippen molar-refractivity contribution in [1.29, 1.82) is 0 Å². The van der Waals surface area contributed by atoms with Crippen LogP contribution in [0.5, 0.6) is 0 Å². The summed E-state index contributed by atoms with van der Waals surface area (Å²) >= 11 is 0. The molecule has 0 aromatic heterocycles. The van der Waals surface area contributed by atoms with Gasteiger partial charge in [-0.25, -0.2) is 0 Å². The molecule has 0 amide bonds. The lowest BCUT2D eigenvalue weighted by Gasteiger charge is -2.29. The Morgan fingerprint density at radius 1 is 0.533 bits per heavy atom. The molecule has 0 aromatic rings. The van der Waals surface area contributed by atoms with Crippen molar-refractivity contribution in [3.63, 3.8) is 0 Å². The predicted octanol–water partition coefficient (Wildman–Crippen LogP) is 9.30. The molecule has 0 aliphatic heterocycles. The van der Waals surface area contributed by atoms with Gasteiger partial charge in [-0.15, -0.1) is 0 Å². The molecule has 0 saturated heterocycles. The number of hydrogen-bond donors (Lipinski definition) is 2. The zero-order valence-electron chi connectivity index (χ0n) is 30.0. The maximum atomic E-state index is 12.6. The molecule has 45 heavy (non-hydrogen) atoms. The van der Waals surface area contributed by atoms with Crippen LogP contribution in [0.4, 0.5) is 0 Å². The highest BCUT2D eigenvalue weighted by molar-refractivity contribution is 5.69. The van der Waals surface area contributed by atoms with Gasteiger partial charge in [-0.2, -0.15) is 0 Å². The smallest absolute Gasteiger partial charge is 0.306 e. The average molecular weight is 642 g/mol. The second-order valence-electron chi connectivity index (χ2n) is 13.2. The van der Waals surface area contributed by atoms with Crippen molar-refractivity contribution in [2.45, 2.75) is 200 Å². The molecule has 1 unspecified atom stereocenters. The van der Waals surface area contributed by atoms with Crippen molar-refractivity contribution in [1.82, 2.24) is 4.90 Å². The molecule has 1 atom stereocenters. The molecular formula is C38H75NO6. The maximum absolute atomic E-state index is 12.6. The zero-order valence-corrected chi connectivity index (χ0v) is 30.0. The Kier molecular flexibility index (Phi) is 33.3. The molecule has 0 heterocycles. The van der Waals surface area contributed by atoms with Crippen LogP contribution < -0.4 is 0 Å². The number of nitrogens with zero attached hydrogens (tertiary/aromatic N) is 1. The van der Waals surface area contributed by atoms with E-state index in [-0.39, 0.29) is 37.3 Å². The van der Waals surface area contributed by atoms with E-state index < -0.39 is 0 Å². The van der Waals surface area contributed by atoms with E-state index in [9.17, 15) is 19.8 Å². The van der Waals surface area contributed by atoms with Gasteiger partial charge in [0.15, 0.2) is 0 Å². The lowest BCUT2D eigenvalue weighted by molar-refractivity contribution is -0.150. The average Bonchev–Trinajstić information content (AvgIpc) is 3.04. The molecule has 0 radical (unpaired) electrons. The minimum Gasteiger partial charge on any atom is -0.466 e. The predicted molar refractivity (Wildman–Crippen MR) is 187 cm³/mol. The van der Waals surface area contributed by atoms with Crippen molar-refractivity contribution in [2.24, 2.45) is 0 Å². The van der Waals surface area contributed by atoms with E-state index in [1.807, 2.05) is 0 Å². The largest absolute Gasteiger partial charge is 0.466 e. The number of ether oxygens (including phenoxy) is 2. The number of unbranched alkanes of at least 4 members (excludes halogenated alkanes) is 17. The first kappa shape index (κ1) is 43.8. The lowest BCUT2D eigenvalue weighted by Crippen LogP contribution is -2.41. The topological polar surface area (TPSA) is 96.3 Å². The summed E-state index contributed by atoms with van der Waals surface area (Å²) in [5.74, 6) is -0.0949. The summed E-state index contributed by atoms with van der Waals surface area (Å²) < 4.78 is 11.2. The first-order chi connectivity index (χ1) is 22.0. The normalized spacial score (nSPS) is 12.2. The molecule has 0 aliphatic carbocycles. The van der Waals surface area contributed by atoms with Crippen LogP contribution in [-0.2, 0) is 19.1 Å². The van der Waals surface area contributed by atoms with Crippen molar-refractivity contribution < 1.29 is 29.3 Å². The van der Waals surface area contributed by atoms with Gasteiger partial charge in [0.1, 0.15) is 6.10 Å². The van der Waals surface area contributed by atoms with Gasteiger partial charge in [-0.1, -0.05) is 117 Å². The third kappa shape index (κ3) is 28.7. The van der Waals surface area contributed by atoms with Crippen LogP contribution in [0.25, 0.3) is 0 Å². The molecule has 268 valence electrons. The Labute approximate surface area is 278 Å². The first-order valence-electron chi connectivity index (χ1n) is 19.3. The second-order valence-corrected chi connectivity index (χ2v) is 13.2. The molecule has 7 nitrogen and oxygen atoms in total.